The summed E-state index contributed by atoms with van der Waals surface area (Å²) in [6.45, 7) is 0.747. The number of amides is 1. The third-order valence-electron chi connectivity index (χ3n) is 5.76. The van der Waals surface area contributed by atoms with Crippen LogP contribution in [0.15, 0.2) is 23.1 Å². The Morgan fingerprint density at radius 2 is 1.71 bits per heavy atom. The van der Waals surface area contributed by atoms with Crippen molar-refractivity contribution in [3.63, 3.8) is 0 Å². The van der Waals surface area contributed by atoms with Gasteiger partial charge in [0.15, 0.2) is 0 Å². The van der Waals surface area contributed by atoms with Gasteiger partial charge in [-0.25, -0.2) is 8.42 Å². The van der Waals surface area contributed by atoms with Gasteiger partial charge in [0, 0.05) is 31.1 Å². The number of piperidine rings is 1. The molecule has 1 aliphatic heterocycles. The fourth-order valence-corrected chi connectivity index (χ4v) is 5.69. The van der Waals surface area contributed by atoms with E-state index in [1.807, 2.05) is 0 Å². The smallest absolute Gasteiger partial charge is 0.246 e. The molecule has 8 heteroatoms. The number of benzene rings is 1. The van der Waals surface area contributed by atoms with Crippen molar-refractivity contribution in [2.24, 2.45) is 5.92 Å². The fourth-order valence-electron chi connectivity index (χ4n) is 4.05. The predicted molar refractivity (Wildman–Crippen MR) is 106 cm³/mol. The highest BCUT2D eigenvalue weighted by molar-refractivity contribution is 7.89. The summed E-state index contributed by atoms with van der Waals surface area (Å²) in [6, 6.07) is 4.80. The maximum atomic E-state index is 13.1. The summed E-state index contributed by atoms with van der Waals surface area (Å²) in [7, 11) is -0.743. The fraction of sp³-hybridized carbons (Fsp3) is 0.650. The Labute approximate surface area is 167 Å². The summed E-state index contributed by atoms with van der Waals surface area (Å²) in [5.41, 5.74) is 0. The number of hydrogen-bond donors (Lipinski definition) is 1. The van der Waals surface area contributed by atoms with Crippen molar-refractivity contribution < 1.29 is 22.7 Å². The van der Waals surface area contributed by atoms with Crippen LogP contribution in [-0.4, -0.2) is 52.0 Å². The topological polar surface area (TPSA) is 84.9 Å². The van der Waals surface area contributed by atoms with Crippen molar-refractivity contribution in [3.05, 3.63) is 18.2 Å². The molecule has 0 unspecified atom stereocenters. The van der Waals surface area contributed by atoms with Crippen LogP contribution in [0.2, 0.25) is 0 Å². The molecular weight excluding hydrogens is 380 g/mol. The van der Waals surface area contributed by atoms with E-state index in [1.165, 1.54) is 31.0 Å². The Kier molecular flexibility index (Phi) is 6.82. The Morgan fingerprint density at radius 1 is 1.04 bits per heavy atom. The van der Waals surface area contributed by atoms with Crippen LogP contribution in [0, 0.1) is 5.92 Å². The maximum Gasteiger partial charge on any atom is 0.246 e. The minimum absolute atomic E-state index is 0.0353. The number of sulfonamides is 1. The van der Waals surface area contributed by atoms with Gasteiger partial charge in [-0.3, -0.25) is 4.79 Å². The molecule has 0 spiro atoms. The molecule has 1 amide bonds. The average molecular weight is 411 g/mol. The lowest BCUT2D eigenvalue weighted by atomic mass is 9.88. The number of hydrogen-bond acceptors (Lipinski definition) is 5. The summed E-state index contributed by atoms with van der Waals surface area (Å²) in [5.74, 6) is 1.02. The quantitative estimate of drug-likeness (QED) is 0.779. The highest BCUT2D eigenvalue weighted by atomic mass is 32.2. The number of carbonyl (C=O) groups excluding carboxylic acids is 1. The number of rotatable bonds is 6. The molecule has 0 bridgehead atoms. The first-order valence-electron chi connectivity index (χ1n) is 9.98. The molecule has 7 nitrogen and oxygen atoms in total. The molecule has 0 radical (unpaired) electrons. The first-order chi connectivity index (χ1) is 13.5. The van der Waals surface area contributed by atoms with Gasteiger partial charge in [0.25, 0.3) is 0 Å². The predicted octanol–water partition coefficient (Wildman–Crippen LogP) is 2.55. The summed E-state index contributed by atoms with van der Waals surface area (Å²) in [4.78, 5) is 12.6. The number of nitrogens with one attached hydrogen (secondary N) is 1. The van der Waals surface area contributed by atoms with E-state index in [9.17, 15) is 13.2 Å². The molecule has 1 saturated heterocycles. The maximum absolute atomic E-state index is 13.1. The zero-order valence-corrected chi connectivity index (χ0v) is 17.5. The van der Waals surface area contributed by atoms with Crippen LogP contribution in [0.25, 0.3) is 0 Å². The van der Waals surface area contributed by atoms with E-state index in [-0.39, 0.29) is 22.8 Å². The van der Waals surface area contributed by atoms with E-state index in [4.69, 9.17) is 9.47 Å². The van der Waals surface area contributed by atoms with Crippen molar-refractivity contribution in [1.82, 2.24) is 9.62 Å². The third kappa shape index (κ3) is 4.60. The number of ether oxygens (including phenoxy) is 2. The van der Waals surface area contributed by atoms with Crippen LogP contribution in [0.5, 0.6) is 11.5 Å². The van der Waals surface area contributed by atoms with Gasteiger partial charge in [-0.2, -0.15) is 4.31 Å². The van der Waals surface area contributed by atoms with Crippen LogP contribution in [0.4, 0.5) is 0 Å². The Morgan fingerprint density at radius 3 is 2.32 bits per heavy atom. The number of nitrogens with zero attached hydrogens (tertiary/aromatic N) is 1. The van der Waals surface area contributed by atoms with Crippen LogP contribution >= 0.6 is 0 Å². The van der Waals surface area contributed by atoms with E-state index in [0.29, 0.717) is 37.4 Å². The molecule has 2 fully saturated rings. The second-order valence-corrected chi connectivity index (χ2v) is 9.45. The van der Waals surface area contributed by atoms with Gasteiger partial charge in [0.1, 0.15) is 16.4 Å². The summed E-state index contributed by atoms with van der Waals surface area (Å²) < 4.78 is 38.1. The van der Waals surface area contributed by atoms with Crippen molar-refractivity contribution >= 4 is 15.9 Å². The van der Waals surface area contributed by atoms with Gasteiger partial charge in [-0.15, -0.1) is 0 Å². The van der Waals surface area contributed by atoms with Crippen molar-refractivity contribution in [2.45, 2.75) is 55.9 Å². The molecule has 1 aromatic carbocycles. The van der Waals surface area contributed by atoms with Gasteiger partial charge in [0.05, 0.1) is 14.2 Å². The normalized spacial score (nSPS) is 19.9. The average Bonchev–Trinajstić information content (AvgIpc) is 2.74. The molecule has 28 heavy (non-hydrogen) atoms. The van der Waals surface area contributed by atoms with E-state index >= 15 is 0 Å². The zero-order valence-electron chi connectivity index (χ0n) is 16.6. The van der Waals surface area contributed by atoms with Crippen LogP contribution in [0.3, 0.4) is 0 Å². The summed E-state index contributed by atoms with van der Waals surface area (Å²) in [6.07, 6.45) is 6.62. The summed E-state index contributed by atoms with van der Waals surface area (Å²) in [5, 5.41) is 3.14. The highest BCUT2D eigenvalue weighted by Gasteiger charge is 2.33. The SMILES string of the molecule is COc1ccc(OC)c(S(=O)(=O)N2CCC(NC(=O)C3CCCCC3)CC2)c1. The van der Waals surface area contributed by atoms with Gasteiger partial charge in [0.2, 0.25) is 15.9 Å². The number of methoxy groups -OCH3 is 2. The molecule has 1 aromatic rings. The molecule has 156 valence electrons. The van der Waals surface area contributed by atoms with Gasteiger partial charge in [-0.1, -0.05) is 19.3 Å². The molecule has 1 heterocycles. The van der Waals surface area contributed by atoms with Crippen molar-refractivity contribution in [1.29, 1.82) is 0 Å². The molecule has 0 atom stereocenters. The molecular formula is C20H30N2O5S. The lowest BCUT2D eigenvalue weighted by Gasteiger charge is -2.33. The van der Waals surface area contributed by atoms with Crippen LogP contribution in [0.1, 0.15) is 44.9 Å². The Hall–Kier alpha value is -1.80. The van der Waals surface area contributed by atoms with E-state index < -0.39 is 10.0 Å². The lowest BCUT2D eigenvalue weighted by Crippen LogP contribution is -2.48. The zero-order chi connectivity index (χ0) is 20.1. The van der Waals surface area contributed by atoms with Crippen LogP contribution < -0.4 is 14.8 Å². The van der Waals surface area contributed by atoms with E-state index in [2.05, 4.69) is 5.32 Å². The van der Waals surface area contributed by atoms with E-state index in [0.717, 1.165) is 25.7 Å². The number of carbonyl (C=O) groups is 1. The van der Waals surface area contributed by atoms with Crippen molar-refractivity contribution in [3.8, 4) is 11.5 Å². The highest BCUT2D eigenvalue weighted by Crippen LogP contribution is 2.32. The minimum Gasteiger partial charge on any atom is -0.497 e. The second kappa shape index (κ2) is 9.13. The Balaban J connectivity index is 1.63. The molecule has 3 rings (SSSR count). The Bertz CT molecular complexity index is 782. The first kappa shape index (κ1) is 20.9. The van der Waals surface area contributed by atoms with Crippen LogP contribution in [-0.2, 0) is 14.8 Å². The molecule has 1 saturated carbocycles. The van der Waals surface area contributed by atoms with E-state index in [1.54, 1.807) is 12.1 Å². The standard InChI is InChI=1S/C20H30N2O5S/c1-26-17-8-9-18(27-2)19(14-17)28(24,25)22-12-10-16(11-13-22)21-20(23)15-6-4-3-5-7-15/h8-9,14-16H,3-7,10-13H2,1-2H3,(H,21,23). The van der Waals surface area contributed by atoms with Crippen molar-refractivity contribution in [2.75, 3.05) is 27.3 Å². The molecule has 1 N–H and O–H groups in total. The van der Waals surface area contributed by atoms with Gasteiger partial charge < -0.3 is 14.8 Å². The summed E-state index contributed by atoms with van der Waals surface area (Å²) >= 11 is 0. The molecule has 2 aliphatic rings. The first-order valence-corrected chi connectivity index (χ1v) is 11.4. The monoisotopic (exact) mass is 410 g/mol. The largest absolute Gasteiger partial charge is 0.497 e. The second-order valence-electron chi connectivity index (χ2n) is 7.54. The lowest BCUT2D eigenvalue weighted by molar-refractivity contribution is -0.126. The van der Waals surface area contributed by atoms with Gasteiger partial charge in [-0.05, 0) is 37.8 Å². The third-order valence-corrected chi connectivity index (χ3v) is 7.68. The molecule has 0 aromatic heterocycles. The molecule has 1 aliphatic carbocycles. The van der Waals surface area contributed by atoms with Gasteiger partial charge >= 0.3 is 0 Å². The minimum atomic E-state index is -3.69.